The number of hydrogen-bond donors (Lipinski definition) is 1. The van der Waals surface area contributed by atoms with Crippen LogP contribution in [0.4, 0.5) is 0 Å². The Morgan fingerprint density at radius 2 is 2.25 bits per heavy atom. The fourth-order valence-electron chi connectivity index (χ4n) is 1.01. The Kier molecular flexibility index (Phi) is 2.48. The van der Waals surface area contributed by atoms with E-state index in [0.717, 1.165) is 11.3 Å². The number of nitrogens with zero attached hydrogens (tertiary/aromatic N) is 1. The van der Waals surface area contributed by atoms with E-state index in [1.54, 1.807) is 13.1 Å². The molecule has 0 amide bonds. The molecule has 1 heterocycles. The molecule has 0 fully saturated rings. The summed E-state index contributed by atoms with van der Waals surface area (Å²) in [5.74, 6) is 0. The Labute approximate surface area is 73.3 Å². The van der Waals surface area contributed by atoms with Gasteiger partial charge in [-0.05, 0) is 38.0 Å². The Morgan fingerprint density at radius 1 is 1.58 bits per heavy atom. The lowest BCUT2D eigenvalue weighted by molar-refractivity contribution is 0.0485. The summed E-state index contributed by atoms with van der Waals surface area (Å²) < 4.78 is 0. The minimum atomic E-state index is -0.786. The first-order valence-corrected chi connectivity index (χ1v) is 4.22. The first kappa shape index (κ1) is 9.20. The van der Waals surface area contributed by atoms with Gasteiger partial charge in [0.1, 0.15) is 5.60 Å². The van der Waals surface area contributed by atoms with Crippen LogP contribution in [0.1, 0.15) is 31.5 Å². The summed E-state index contributed by atoms with van der Waals surface area (Å²) in [7, 11) is 0. The molecule has 0 radical (unpaired) electrons. The van der Waals surface area contributed by atoms with Crippen molar-refractivity contribution in [2.24, 2.45) is 0 Å². The summed E-state index contributed by atoms with van der Waals surface area (Å²) in [6.07, 6.45) is 2.41. The van der Waals surface area contributed by atoms with Crippen molar-refractivity contribution < 1.29 is 5.11 Å². The summed E-state index contributed by atoms with van der Waals surface area (Å²) in [5.41, 5.74) is 1.10. The van der Waals surface area contributed by atoms with Crippen molar-refractivity contribution in [2.75, 3.05) is 0 Å². The van der Waals surface area contributed by atoms with Gasteiger partial charge in [-0.25, -0.2) is 0 Å². The highest BCUT2D eigenvalue weighted by Gasteiger charge is 2.21. The number of hydrogen-bond acceptors (Lipinski definition) is 2. The predicted molar refractivity (Wildman–Crippen MR) is 48.8 cm³/mol. The van der Waals surface area contributed by atoms with Gasteiger partial charge in [-0.15, -0.1) is 0 Å². The summed E-state index contributed by atoms with van der Waals surface area (Å²) in [5, 5.41) is 9.86. The van der Waals surface area contributed by atoms with Crippen LogP contribution in [0, 0.1) is 6.92 Å². The summed E-state index contributed by atoms with van der Waals surface area (Å²) in [6.45, 7) is 5.73. The van der Waals surface area contributed by atoms with Crippen LogP contribution >= 0.6 is 0 Å². The zero-order chi connectivity index (χ0) is 9.19. The Hall–Kier alpha value is -0.890. The molecule has 66 valence electrons. The minimum Gasteiger partial charge on any atom is -0.384 e. The summed E-state index contributed by atoms with van der Waals surface area (Å²) >= 11 is 0. The molecule has 0 spiro atoms. The van der Waals surface area contributed by atoms with E-state index in [4.69, 9.17) is 0 Å². The lowest BCUT2D eigenvalue weighted by Gasteiger charge is -2.20. The standard InChI is InChI=1S/C10H15NO/c1-4-10(3,12)9-7-8(2)5-6-11-9/h5-7,12H,4H2,1-3H3. The monoisotopic (exact) mass is 165 g/mol. The molecule has 0 saturated heterocycles. The number of aliphatic hydroxyl groups is 1. The van der Waals surface area contributed by atoms with Gasteiger partial charge in [0.05, 0.1) is 5.69 Å². The zero-order valence-corrected chi connectivity index (χ0v) is 7.83. The van der Waals surface area contributed by atoms with E-state index in [2.05, 4.69) is 4.98 Å². The van der Waals surface area contributed by atoms with Gasteiger partial charge in [0.15, 0.2) is 0 Å². The molecule has 1 rings (SSSR count). The number of aromatic nitrogens is 1. The molecule has 2 nitrogen and oxygen atoms in total. The summed E-state index contributed by atoms with van der Waals surface area (Å²) in [4.78, 5) is 4.13. The molecule has 1 aromatic heterocycles. The van der Waals surface area contributed by atoms with Gasteiger partial charge >= 0.3 is 0 Å². The van der Waals surface area contributed by atoms with Crippen LogP contribution in [0.15, 0.2) is 18.3 Å². The van der Waals surface area contributed by atoms with E-state index in [1.165, 1.54) is 0 Å². The molecule has 0 aliphatic carbocycles. The van der Waals surface area contributed by atoms with E-state index in [9.17, 15) is 5.11 Å². The van der Waals surface area contributed by atoms with Crippen molar-refractivity contribution in [3.05, 3.63) is 29.6 Å². The average molecular weight is 165 g/mol. The van der Waals surface area contributed by atoms with Crippen LogP contribution in [-0.2, 0) is 5.60 Å². The highest BCUT2D eigenvalue weighted by molar-refractivity contribution is 5.18. The van der Waals surface area contributed by atoms with Crippen molar-refractivity contribution in [1.82, 2.24) is 4.98 Å². The highest BCUT2D eigenvalue weighted by atomic mass is 16.3. The molecule has 1 unspecified atom stereocenters. The van der Waals surface area contributed by atoms with Crippen molar-refractivity contribution in [2.45, 2.75) is 32.8 Å². The molecule has 0 aromatic carbocycles. The number of rotatable bonds is 2. The Balaban J connectivity index is 3.03. The molecule has 0 saturated carbocycles. The van der Waals surface area contributed by atoms with Crippen molar-refractivity contribution in [1.29, 1.82) is 0 Å². The maximum atomic E-state index is 9.86. The third kappa shape index (κ3) is 1.83. The van der Waals surface area contributed by atoms with E-state index >= 15 is 0 Å². The van der Waals surface area contributed by atoms with Gasteiger partial charge in [-0.2, -0.15) is 0 Å². The van der Waals surface area contributed by atoms with Gasteiger partial charge in [0, 0.05) is 6.20 Å². The van der Waals surface area contributed by atoms with Gasteiger partial charge in [-0.1, -0.05) is 6.92 Å². The van der Waals surface area contributed by atoms with Gasteiger partial charge < -0.3 is 5.11 Å². The third-order valence-electron chi connectivity index (χ3n) is 2.16. The molecular formula is C10H15NO. The second-order valence-corrected chi connectivity index (χ2v) is 3.35. The molecule has 1 atom stereocenters. The smallest absolute Gasteiger partial charge is 0.103 e. The van der Waals surface area contributed by atoms with Crippen LogP contribution in [-0.4, -0.2) is 10.1 Å². The second-order valence-electron chi connectivity index (χ2n) is 3.35. The lowest BCUT2D eigenvalue weighted by Crippen LogP contribution is -2.21. The molecule has 2 heteroatoms. The average Bonchev–Trinajstić information content (AvgIpc) is 2.05. The van der Waals surface area contributed by atoms with Crippen LogP contribution in [0.3, 0.4) is 0 Å². The molecule has 0 aliphatic rings. The molecule has 1 N–H and O–H groups in total. The molecule has 0 aliphatic heterocycles. The quantitative estimate of drug-likeness (QED) is 0.727. The largest absolute Gasteiger partial charge is 0.384 e. The third-order valence-corrected chi connectivity index (χ3v) is 2.16. The molecule has 1 aromatic rings. The lowest BCUT2D eigenvalue weighted by atomic mass is 9.98. The van der Waals surface area contributed by atoms with Crippen LogP contribution in [0.5, 0.6) is 0 Å². The van der Waals surface area contributed by atoms with Crippen LogP contribution < -0.4 is 0 Å². The van der Waals surface area contributed by atoms with Crippen LogP contribution in [0.25, 0.3) is 0 Å². The second kappa shape index (κ2) is 3.23. The Morgan fingerprint density at radius 3 is 2.75 bits per heavy atom. The van der Waals surface area contributed by atoms with Gasteiger partial charge in [0.25, 0.3) is 0 Å². The first-order valence-electron chi connectivity index (χ1n) is 4.22. The molecule has 12 heavy (non-hydrogen) atoms. The zero-order valence-electron chi connectivity index (χ0n) is 7.83. The van der Waals surface area contributed by atoms with Crippen LogP contribution in [0.2, 0.25) is 0 Å². The molecular weight excluding hydrogens is 150 g/mol. The maximum absolute atomic E-state index is 9.86. The fourth-order valence-corrected chi connectivity index (χ4v) is 1.01. The van der Waals surface area contributed by atoms with Crippen molar-refractivity contribution in [3.8, 4) is 0 Å². The van der Waals surface area contributed by atoms with E-state index in [1.807, 2.05) is 26.0 Å². The van der Waals surface area contributed by atoms with E-state index < -0.39 is 5.60 Å². The van der Waals surface area contributed by atoms with Gasteiger partial charge in [0.2, 0.25) is 0 Å². The first-order chi connectivity index (χ1) is 5.56. The van der Waals surface area contributed by atoms with Gasteiger partial charge in [-0.3, -0.25) is 4.98 Å². The van der Waals surface area contributed by atoms with Crippen molar-refractivity contribution >= 4 is 0 Å². The maximum Gasteiger partial charge on any atom is 0.103 e. The van der Waals surface area contributed by atoms with E-state index in [-0.39, 0.29) is 0 Å². The Bertz CT molecular complexity index is 268. The normalized spacial score (nSPS) is 15.7. The van der Waals surface area contributed by atoms with Crippen molar-refractivity contribution in [3.63, 3.8) is 0 Å². The molecule has 0 bridgehead atoms. The summed E-state index contributed by atoms with van der Waals surface area (Å²) in [6, 6.07) is 3.85. The highest BCUT2D eigenvalue weighted by Crippen LogP contribution is 2.21. The SMILES string of the molecule is CCC(C)(O)c1cc(C)ccn1. The number of pyridine rings is 1. The van der Waals surface area contributed by atoms with E-state index in [0.29, 0.717) is 6.42 Å². The predicted octanol–water partition coefficient (Wildman–Crippen LogP) is 2.01. The number of aryl methyl sites for hydroxylation is 1. The fraction of sp³-hybridized carbons (Fsp3) is 0.500. The topological polar surface area (TPSA) is 33.1 Å². The minimum absolute atomic E-state index is 0.684.